The van der Waals surface area contributed by atoms with Gasteiger partial charge in [0.05, 0.1) is 12.2 Å². The van der Waals surface area contributed by atoms with Gasteiger partial charge in [-0.25, -0.2) is 0 Å². The SMILES string of the molecule is CCOC[C@@]1(O)CC[C@H]2[C@@H](CC[C@@H]3[C@@H]2CC[C@]2(C)C(C(C)=O)CC[C@@H]32)C1. The third-order valence-electron chi connectivity index (χ3n) is 9.17. The molecule has 3 heteroatoms. The molecule has 4 saturated carbocycles. The molecule has 0 aromatic heterocycles. The fourth-order valence-electron chi connectivity index (χ4n) is 8.05. The monoisotopic (exact) mass is 362 g/mol. The zero-order valence-electron chi connectivity index (χ0n) is 17.0. The molecule has 0 amide bonds. The topological polar surface area (TPSA) is 46.5 Å². The fourth-order valence-corrected chi connectivity index (χ4v) is 8.05. The van der Waals surface area contributed by atoms with Crippen molar-refractivity contribution in [3.8, 4) is 0 Å². The second-order valence-electron chi connectivity index (χ2n) is 10.3. The van der Waals surface area contributed by atoms with Crippen LogP contribution in [0.25, 0.3) is 0 Å². The number of carbonyl (C=O) groups excluding carboxylic acids is 1. The maximum atomic E-state index is 12.2. The van der Waals surface area contributed by atoms with Gasteiger partial charge < -0.3 is 9.84 Å². The van der Waals surface area contributed by atoms with Gasteiger partial charge in [0.25, 0.3) is 0 Å². The lowest BCUT2D eigenvalue weighted by molar-refractivity contribution is -0.136. The van der Waals surface area contributed by atoms with Crippen LogP contribution in [0.4, 0.5) is 0 Å². The van der Waals surface area contributed by atoms with E-state index in [-0.39, 0.29) is 5.41 Å². The van der Waals surface area contributed by atoms with Crippen molar-refractivity contribution in [3.05, 3.63) is 0 Å². The molecule has 26 heavy (non-hydrogen) atoms. The van der Waals surface area contributed by atoms with Crippen LogP contribution >= 0.6 is 0 Å². The Kier molecular flexibility index (Phi) is 5.01. The van der Waals surface area contributed by atoms with Gasteiger partial charge in [-0.2, -0.15) is 0 Å². The minimum Gasteiger partial charge on any atom is -0.387 e. The van der Waals surface area contributed by atoms with Crippen molar-refractivity contribution < 1.29 is 14.6 Å². The van der Waals surface area contributed by atoms with E-state index in [1.54, 1.807) is 0 Å². The highest BCUT2D eigenvalue weighted by atomic mass is 16.5. The van der Waals surface area contributed by atoms with Crippen molar-refractivity contribution in [2.24, 2.45) is 40.9 Å². The number of ether oxygens (including phenoxy) is 1. The Balaban J connectivity index is 1.47. The zero-order valence-corrected chi connectivity index (χ0v) is 17.0. The van der Waals surface area contributed by atoms with Crippen LogP contribution < -0.4 is 0 Å². The zero-order chi connectivity index (χ0) is 18.5. The molecule has 3 nitrogen and oxygen atoms in total. The Labute approximate surface area is 159 Å². The number of Topliss-reactive ketones (excluding diaryl/α,β-unsaturated/α-hetero) is 1. The van der Waals surface area contributed by atoms with E-state index in [2.05, 4.69) is 6.92 Å². The molecule has 4 aliphatic rings. The highest BCUT2D eigenvalue weighted by molar-refractivity contribution is 5.79. The molecule has 4 rings (SSSR count). The average Bonchev–Trinajstić information content (AvgIpc) is 2.97. The van der Waals surface area contributed by atoms with Gasteiger partial charge in [-0.05, 0) is 107 Å². The van der Waals surface area contributed by atoms with Crippen LogP contribution in [0, 0.1) is 40.9 Å². The first kappa shape index (κ1) is 18.9. The summed E-state index contributed by atoms with van der Waals surface area (Å²) < 4.78 is 5.58. The second-order valence-corrected chi connectivity index (χ2v) is 10.3. The molecule has 0 aromatic rings. The fraction of sp³-hybridized carbons (Fsp3) is 0.957. The number of fused-ring (bicyclic) bond motifs is 5. The maximum Gasteiger partial charge on any atom is 0.133 e. The van der Waals surface area contributed by atoms with E-state index in [1.807, 2.05) is 13.8 Å². The van der Waals surface area contributed by atoms with Gasteiger partial charge in [-0.1, -0.05) is 6.92 Å². The van der Waals surface area contributed by atoms with E-state index in [0.29, 0.717) is 30.8 Å². The van der Waals surface area contributed by atoms with Crippen LogP contribution in [0.2, 0.25) is 0 Å². The quantitative estimate of drug-likeness (QED) is 0.794. The molecule has 1 N–H and O–H groups in total. The largest absolute Gasteiger partial charge is 0.387 e. The molecule has 0 radical (unpaired) electrons. The van der Waals surface area contributed by atoms with Crippen molar-refractivity contribution in [1.82, 2.24) is 0 Å². The van der Waals surface area contributed by atoms with Crippen molar-refractivity contribution in [2.45, 2.75) is 84.2 Å². The molecular formula is C23H38O3. The number of carbonyl (C=O) groups is 1. The van der Waals surface area contributed by atoms with Crippen molar-refractivity contribution in [2.75, 3.05) is 13.2 Å². The molecular weight excluding hydrogens is 324 g/mol. The van der Waals surface area contributed by atoms with Gasteiger partial charge in [0, 0.05) is 12.5 Å². The van der Waals surface area contributed by atoms with E-state index in [1.165, 1.54) is 38.5 Å². The average molecular weight is 363 g/mol. The van der Waals surface area contributed by atoms with E-state index in [0.717, 1.165) is 42.9 Å². The number of hydrogen-bond acceptors (Lipinski definition) is 3. The van der Waals surface area contributed by atoms with Crippen LogP contribution in [-0.2, 0) is 9.53 Å². The second kappa shape index (κ2) is 6.88. The summed E-state index contributed by atoms with van der Waals surface area (Å²) in [4.78, 5) is 12.2. The van der Waals surface area contributed by atoms with Gasteiger partial charge in [0.15, 0.2) is 0 Å². The van der Waals surface area contributed by atoms with E-state index >= 15 is 0 Å². The summed E-state index contributed by atoms with van der Waals surface area (Å²) in [5, 5.41) is 11.0. The molecule has 4 fully saturated rings. The molecule has 0 spiro atoms. The number of hydrogen-bond donors (Lipinski definition) is 1. The van der Waals surface area contributed by atoms with Crippen LogP contribution in [0.5, 0.6) is 0 Å². The molecule has 0 saturated heterocycles. The third-order valence-corrected chi connectivity index (χ3v) is 9.17. The Hall–Kier alpha value is -0.410. The van der Waals surface area contributed by atoms with E-state index < -0.39 is 5.60 Å². The lowest BCUT2D eigenvalue weighted by Gasteiger charge is -2.57. The molecule has 0 aliphatic heterocycles. The van der Waals surface area contributed by atoms with Crippen molar-refractivity contribution in [3.63, 3.8) is 0 Å². The summed E-state index contributed by atoms with van der Waals surface area (Å²) in [5.74, 6) is 4.67. The van der Waals surface area contributed by atoms with E-state index in [9.17, 15) is 9.90 Å². The Morgan fingerprint density at radius 2 is 1.81 bits per heavy atom. The van der Waals surface area contributed by atoms with Gasteiger partial charge in [-0.15, -0.1) is 0 Å². The number of rotatable bonds is 4. The summed E-state index contributed by atoms with van der Waals surface area (Å²) in [6.45, 7) is 7.47. The molecule has 4 aliphatic carbocycles. The van der Waals surface area contributed by atoms with E-state index in [4.69, 9.17) is 4.74 Å². The third kappa shape index (κ3) is 2.98. The minimum atomic E-state index is -0.583. The molecule has 1 unspecified atom stereocenters. The van der Waals surface area contributed by atoms with Crippen molar-refractivity contribution in [1.29, 1.82) is 0 Å². The summed E-state index contributed by atoms with van der Waals surface area (Å²) in [7, 11) is 0. The molecule has 0 aromatic carbocycles. The highest BCUT2D eigenvalue weighted by Gasteiger charge is 2.58. The maximum absolute atomic E-state index is 12.2. The minimum absolute atomic E-state index is 0.268. The first-order chi connectivity index (χ1) is 12.4. The molecule has 0 heterocycles. The Bertz CT molecular complexity index is 546. The number of aliphatic hydroxyl groups is 1. The van der Waals surface area contributed by atoms with Gasteiger partial charge in [0.2, 0.25) is 0 Å². The normalized spacial score (nSPS) is 50.6. The predicted molar refractivity (Wildman–Crippen MR) is 103 cm³/mol. The van der Waals surface area contributed by atoms with Gasteiger partial charge >= 0.3 is 0 Å². The van der Waals surface area contributed by atoms with Crippen LogP contribution in [0.3, 0.4) is 0 Å². The van der Waals surface area contributed by atoms with Gasteiger partial charge in [-0.3, -0.25) is 4.79 Å². The Morgan fingerprint density at radius 1 is 1.04 bits per heavy atom. The summed E-state index contributed by atoms with van der Waals surface area (Å²) in [5.41, 5.74) is -0.315. The standard InChI is InChI=1S/C23H38O3/c1-4-26-14-23(25)12-10-17-16(13-23)5-6-19-18(17)9-11-22(3)20(15(2)24)7-8-21(19)22/h16-21,25H,4-14H2,1-3H3/t16-,17-,18+,19+,20?,21-,22+,23+/m0/s1. The predicted octanol–water partition coefficient (Wildman–Crippen LogP) is 4.61. The van der Waals surface area contributed by atoms with Crippen LogP contribution in [0.15, 0.2) is 0 Å². The molecule has 148 valence electrons. The smallest absolute Gasteiger partial charge is 0.133 e. The lowest BCUT2D eigenvalue weighted by atomic mass is 9.49. The first-order valence-corrected chi connectivity index (χ1v) is 11.2. The Morgan fingerprint density at radius 3 is 2.54 bits per heavy atom. The van der Waals surface area contributed by atoms with Gasteiger partial charge in [0.1, 0.15) is 5.78 Å². The van der Waals surface area contributed by atoms with Crippen LogP contribution in [-0.4, -0.2) is 29.7 Å². The summed E-state index contributed by atoms with van der Waals surface area (Å²) >= 11 is 0. The van der Waals surface area contributed by atoms with Crippen molar-refractivity contribution >= 4 is 5.78 Å². The lowest BCUT2D eigenvalue weighted by Crippen LogP contribution is -2.52. The first-order valence-electron chi connectivity index (χ1n) is 11.2. The van der Waals surface area contributed by atoms with Crippen LogP contribution in [0.1, 0.15) is 78.6 Å². The highest BCUT2D eigenvalue weighted by Crippen LogP contribution is 2.64. The summed E-state index contributed by atoms with van der Waals surface area (Å²) in [6, 6.07) is 0. The number of ketones is 1. The molecule has 0 bridgehead atoms. The summed E-state index contributed by atoms with van der Waals surface area (Å²) in [6.07, 6.45) is 10.6. The molecule has 8 atom stereocenters.